The van der Waals surface area contributed by atoms with Crippen LogP contribution in [0.25, 0.3) is 0 Å². The second-order valence-electron chi connectivity index (χ2n) is 5.30. The predicted octanol–water partition coefficient (Wildman–Crippen LogP) is -0.373. The molecule has 2 saturated heterocycles. The zero-order valence-electron chi connectivity index (χ0n) is 11.7. The lowest BCUT2D eigenvalue weighted by Crippen LogP contribution is -2.49. The first kappa shape index (κ1) is 14.2. The fraction of sp³-hybridized carbons (Fsp3) is 1.00. The second-order valence-corrected chi connectivity index (χ2v) is 5.30. The first-order chi connectivity index (χ1) is 8.78. The molecular weight excluding hydrogens is 230 g/mol. The molecule has 2 heterocycles. The van der Waals surface area contributed by atoms with Crippen molar-refractivity contribution in [2.75, 3.05) is 66.1 Å². The number of likely N-dealkylation sites (N-methyl/N-ethyl adjacent to an activating group) is 2. The summed E-state index contributed by atoms with van der Waals surface area (Å²) in [6.07, 6.45) is 0.662. The molecule has 0 aromatic rings. The van der Waals surface area contributed by atoms with Crippen molar-refractivity contribution in [2.24, 2.45) is 0 Å². The summed E-state index contributed by atoms with van der Waals surface area (Å²) in [4.78, 5) is 4.77. The Hall–Kier alpha value is -0.200. The lowest BCUT2D eigenvalue weighted by molar-refractivity contribution is -0.0353. The molecule has 2 rings (SSSR count). The Bertz CT molecular complexity index is 240. The number of ether oxygens (including phenoxy) is 2. The average molecular weight is 257 g/mol. The average Bonchev–Trinajstić information content (AvgIpc) is 2.39. The van der Waals surface area contributed by atoms with E-state index in [0.717, 1.165) is 59.0 Å². The van der Waals surface area contributed by atoms with E-state index in [2.05, 4.69) is 29.1 Å². The maximum absolute atomic E-state index is 5.77. The Morgan fingerprint density at radius 2 is 1.72 bits per heavy atom. The Morgan fingerprint density at radius 1 is 1.06 bits per heavy atom. The fourth-order valence-corrected chi connectivity index (χ4v) is 2.59. The highest BCUT2D eigenvalue weighted by Crippen LogP contribution is 2.05. The van der Waals surface area contributed by atoms with E-state index >= 15 is 0 Å². The van der Waals surface area contributed by atoms with Crippen LogP contribution in [0.2, 0.25) is 0 Å². The smallest absolute Gasteiger partial charge is 0.0826 e. The van der Waals surface area contributed by atoms with Gasteiger partial charge in [-0.3, -0.25) is 4.90 Å². The van der Waals surface area contributed by atoms with Crippen LogP contribution in [-0.2, 0) is 9.47 Å². The number of hydrogen-bond donors (Lipinski definition) is 1. The summed E-state index contributed by atoms with van der Waals surface area (Å²) in [5.74, 6) is 0. The summed E-state index contributed by atoms with van der Waals surface area (Å²) in [5, 5.41) is 3.49. The Balaban J connectivity index is 1.59. The summed E-state index contributed by atoms with van der Waals surface area (Å²) in [7, 11) is 2.15. The van der Waals surface area contributed by atoms with Gasteiger partial charge in [0.15, 0.2) is 0 Å². The predicted molar refractivity (Wildman–Crippen MR) is 72.0 cm³/mol. The summed E-state index contributed by atoms with van der Waals surface area (Å²) >= 11 is 0. The van der Waals surface area contributed by atoms with Crippen LogP contribution in [0.1, 0.15) is 6.92 Å². The van der Waals surface area contributed by atoms with Crippen molar-refractivity contribution in [3.8, 4) is 0 Å². The molecule has 2 aliphatic rings. The van der Waals surface area contributed by atoms with Gasteiger partial charge in [-0.25, -0.2) is 0 Å². The van der Waals surface area contributed by atoms with Crippen molar-refractivity contribution < 1.29 is 9.47 Å². The maximum atomic E-state index is 5.77. The van der Waals surface area contributed by atoms with Gasteiger partial charge in [-0.2, -0.15) is 0 Å². The lowest BCUT2D eigenvalue weighted by Gasteiger charge is -2.33. The Morgan fingerprint density at radius 3 is 2.39 bits per heavy atom. The zero-order chi connectivity index (χ0) is 12.8. The highest BCUT2D eigenvalue weighted by atomic mass is 16.5. The lowest BCUT2D eigenvalue weighted by atomic mass is 10.2. The molecule has 0 bridgehead atoms. The van der Waals surface area contributed by atoms with Gasteiger partial charge in [0.2, 0.25) is 0 Å². The number of rotatable bonds is 5. The molecule has 106 valence electrons. The summed E-state index contributed by atoms with van der Waals surface area (Å²) in [5.41, 5.74) is 0. The van der Waals surface area contributed by atoms with Crippen LogP contribution in [-0.4, -0.2) is 88.1 Å². The van der Waals surface area contributed by atoms with Crippen molar-refractivity contribution in [3.63, 3.8) is 0 Å². The minimum Gasteiger partial charge on any atom is -0.374 e. The van der Waals surface area contributed by atoms with E-state index in [4.69, 9.17) is 9.47 Å². The van der Waals surface area contributed by atoms with Crippen LogP contribution in [0, 0.1) is 0 Å². The summed E-state index contributed by atoms with van der Waals surface area (Å²) in [6, 6.07) is 0. The van der Waals surface area contributed by atoms with Crippen LogP contribution >= 0.6 is 0 Å². The molecule has 2 unspecified atom stereocenters. The molecule has 0 spiro atoms. The molecule has 0 amide bonds. The standard InChI is InChI=1S/C13H27N3O2/c1-3-16-5-7-18-13(11-16)9-14-8-12-10-15(2)4-6-17-12/h12-14H,3-11H2,1-2H3. The van der Waals surface area contributed by atoms with Crippen LogP contribution in [0.5, 0.6) is 0 Å². The van der Waals surface area contributed by atoms with Crippen molar-refractivity contribution in [1.82, 2.24) is 15.1 Å². The Labute approximate surface area is 110 Å². The van der Waals surface area contributed by atoms with Gasteiger partial charge in [-0.15, -0.1) is 0 Å². The van der Waals surface area contributed by atoms with Crippen molar-refractivity contribution >= 4 is 0 Å². The van der Waals surface area contributed by atoms with Crippen molar-refractivity contribution in [2.45, 2.75) is 19.1 Å². The van der Waals surface area contributed by atoms with Gasteiger partial charge in [0, 0.05) is 39.3 Å². The van der Waals surface area contributed by atoms with Crippen LogP contribution in [0.15, 0.2) is 0 Å². The van der Waals surface area contributed by atoms with Gasteiger partial charge in [-0.1, -0.05) is 6.92 Å². The monoisotopic (exact) mass is 257 g/mol. The minimum absolute atomic E-state index is 0.328. The Kier molecular flexibility index (Phi) is 5.85. The molecule has 0 aromatic carbocycles. The third kappa shape index (κ3) is 4.48. The molecule has 0 saturated carbocycles. The minimum atomic E-state index is 0.328. The molecule has 0 radical (unpaired) electrons. The third-order valence-electron chi connectivity index (χ3n) is 3.76. The van der Waals surface area contributed by atoms with Crippen LogP contribution < -0.4 is 5.32 Å². The second kappa shape index (κ2) is 7.40. The molecule has 1 N–H and O–H groups in total. The van der Waals surface area contributed by atoms with E-state index in [1.807, 2.05) is 0 Å². The topological polar surface area (TPSA) is 37.0 Å². The largest absolute Gasteiger partial charge is 0.374 e. The molecule has 2 fully saturated rings. The third-order valence-corrected chi connectivity index (χ3v) is 3.76. The molecule has 0 aromatic heterocycles. The summed E-state index contributed by atoms with van der Waals surface area (Å²) < 4.78 is 11.5. The molecule has 2 atom stereocenters. The van der Waals surface area contributed by atoms with E-state index in [1.165, 1.54) is 0 Å². The van der Waals surface area contributed by atoms with Gasteiger partial charge in [0.05, 0.1) is 25.4 Å². The van der Waals surface area contributed by atoms with E-state index < -0.39 is 0 Å². The first-order valence-electron chi connectivity index (χ1n) is 7.12. The van der Waals surface area contributed by atoms with Crippen LogP contribution in [0.4, 0.5) is 0 Å². The number of nitrogens with zero attached hydrogens (tertiary/aromatic N) is 2. The zero-order valence-corrected chi connectivity index (χ0v) is 11.7. The van der Waals surface area contributed by atoms with Crippen LogP contribution in [0.3, 0.4) is 0 Å². The molecule has 2 aliphatic heterocycles. The van der Waals surface area contributed by atoms with Crippen molar-refractivity contribution in [1.29, 1.82) is 0 Å². The SMILES string of the molecule is CCN1CCOC(CNCC2CN(C)CCO2)C1. The number of hydrogen-bond acceptors (Lipinski definition) is 5. The van der Waals surface area contributed by atoms with E-state index in [9.17, 15) is 0 Å². The molecule has 5 nitrogen and oxygen atoms in total. The number of nitrogens with one attached hydrogen (secondary N) is 1. The van der Waals surface area contributed by atoms with Gasteiger partial charge >= 0.3 is 0 Å². The quantitative estimate of drug-likeness (QED) is 0.727. The highest BCUT2D eigenvalue weighted by Gasteiger charge is 2.21. The molecule has 0 aliphatic carbocycles. The highest BCUT2D eigenvalue weighted by molar-refractivity contribution is 4.75. The van der Waals surface area contributed by atoms with Crippen molar-refractivity contribution in [3.05, 3.63) is 0 Å². The van der Waals surface area contributed by atoms with E-state index in [0.29, 0.717) is 12.2 Å². The maximum Gasteiger partial charge on any atom is 0.0826 e. The molecule has 18 heavy (non-hydrogen) atoms. The van der Waals surface area contributed by atoms with E-state index in [-0.39, 0.29) is 0 Å². The van der Waals surface area contributed by atoms with Gasteiger partial charge < -0.3 is 19.7 Å². The first-order valence-corrected chi connectivity index (χ1v) is 7.12. The van der Waals surface area contributed by atoms with E-state index in [1.54, 1.807) is 0 Å². The van der Waals surface area contributed by atoms with Gasteiger partial charge in [0.25, 0.3) is 0 Å². The fourth-order valence-electron chi connectivity index (χ4n) is 2.59. The van der Waals surface area contributed by atoms with Gasteiger partial charge in [-0.05, 0) is 13.6 Å². The molecular formula is C13H27N3O2. The van der Waals surface area contributed by atoms with Gasteiger partial charge in [0.1, 0.15) is 0 Å². The summed E-state index contributed by atoms with van der Waals surface area (Å²) in [6.45, 7) is 11.1. The molecule has 5 heteroatoms. The number of morpholine rings is 2. The normalized spacial score (nSPS) is 31.7.